The van der Waals surface area contributed by atoms with Crippen molar-refractivity contribution in [2.75, 3.05) is 11.4 Å². The second kappa shape index (κ2) is 7.13. The predicted molar refractivity (Wildman–Crippen MR) is 99.6 cm³/mol. The zero-order valence-corrected chi connectivity index (χ0v) is 16.9. The van der Waals surface area contributed by atoms with Gasteiger partial charge in [0.25, 0.3) is 9.84 Å². The van der Waals surface area contributed by atoms with Gasteiger partial charge in [0.05, 0.1) is 10.6 Å². The molecule has 11 heteroatoms. The summed E-state index contributed by atoms with van der Waals surface area (Å²) >= 11 is 0. The molecule has 31 heavy (non-hydrogen) atoms. The molecular formula is C20H17F6NO3S. The standard InChI is InChI=1S/C20H17F6NO3S/c1-9-4-5-27(18-11(9)6-10(21)7-13(18)22)15-2-3-16(31(29,30)20(24,25)26)17-12(15)8-14(23)19(17)28/h2-3,6-7,9,14,19,28H,4-5,8H2,1H3/t9?,14-,19-/m1/s1. The third kappa shape index (κ3) is 3.29. The van der Waals surface area contributed by atoms with Crippen LogP contribution in [-0.2, 0) is 16.3 Å². The van der Waals surface area contributed by atoms with E-state index in [0.717, 1.165) is 12.1 Å². The molecule has 1 aliphatic carbocycles. The molecule has 1 N–H and O–H groups in total. The topological polar surface area (TPSA) is 57.6 Å². The van der Waals surface area contributed by atoms with Gasteiger partial charge in [-0.1, -0.05) is 6.92 Å². The second-order valence-electron chi connectivity index (χ2n) is 7.76. The summed E-state index contributed by atoms with van der Waals surface area (Å²) in [5, 5.41) is 10.2. The average molecular weight is 465 g/mol. The van der Waals surface area contributed by atoms with E-state index in [1.807, 2.05) is 0 Å². The number of benzene rings is 2. The number of rotatable bonds is 2. The van der Waals surface area contributed by atoms with E-state index in [1.165, 1.54) is 4.90 Å². The Morgan fingerprint density at radius 1 is 1.16 bits per heavy atom. The van der Waals surface area contributed by atoms with Gasteiger partial charge < -0.3 is 10.0 Å². The number of hydrogen-bond acceptors (Lipinski definition) is 4. The average Bonchev–Trinajstić information content (AvgIpc) is 2.96. The number of alkyl halides is 4. The lowest BCUT2D eigenvalue weighted by Crippen LogP contribution is -2.29. The molecule has 0 aromatic heterocycles. The van der Waals surface area contributed by atoms with Crippen molar-refractivity contribution in [3.05, 3.63) is 52.6 Å². The summed E-state index contributed by atoms with van der Waals surface area (Å²) in [5.41, 5.74) is -6.06. The highest BCUT2D eigenvalue weighted by molar-refractivity contribution is 7.92. The Kier molecular flexibility index (Phi) is 5.04. The zero-order chi connectivity index (χ0) is 22.9. The summed E-state index contributed by atoms with van der Waals surface area (Å²) in [7, 11) is -5.86. The molecule has 0 saturated heterocycles. The van der Waals surface area contributed by atoms with Crippen LogP contribution in [-0.4, -0.2) is 31.7 Å². The third-order valence-electron chi connectivity index (χ3n) is 5.86. The first-order chi connectivity index (χ1) is 14.3. The maximum Gasteiger partial charge on any atom is 0.501 e. The highest BCUT2D eigenvalue weighted by atomic mass is 32.2. The summed E-state index contributed by atoms with van der Waals surface area (Å²) in [6.07, 6.45) is -4.21. The molecule has 0 fully saturated rings. The molecule has 0 spiro atoms. The van der Waals surface area contributed by atoms with Crippen molar-refractivity contribution in [1.29, 1.82) is 0 Å². The number of aliphatic hydroxyl groups excluding tert-OH is 1. The molecule has 0 saturated carbocycles. The largest absolute Gasteiger partial charge is 0.501 e. The Morgan fingerprint density at radius 3 is 2.48 bits per heavy atom. The van der Waals surface area contributed by atoms with E-state index in [1.54, 1.807) is 6.92 Å². The SMILES string of the molecule is CC1CCN(c2ccc(S(=O)(=O)C(F)(F)F)c3c2C[C@@H](F)[C@H]3O)c2c(F)cc(F)cc21. The lowest BCUT2D eigenvalue weighted by atomic mass is 9.90. The third-order valence-corrected chi connectivity index (χ3v) is 7.40. The molecule has 1 unspecified atom stereocenters. The fraction of sp³-hybridized carbons (Fsp3) is 0.400. The molecule has 2 aromatic carbocycles. The smallest absolute Gasteiger partial charge is 0.385 e. The van der Waals surface area contributed by atoms with Gasteiger partial charge in [0.15, 0.2) is 0 Å². The summed E-state index contributed by atoms with van der Waals surface area (Å²) in [6, 6.07) is 3.52. The zero-order valence-electron chi connectivity index (χ0n) is 16.0. The molecule has 1 aliphatic heterocycles. The van der Waals surface area contributed by atoms with Crippen LogP contribution in [0.5, 0.6) is 0 Å². The van der Waals surface area contributed by atoms with E-state index in [2.05, 4.69) is 0 Å². The Balaban J connectivity index is 1.96. The van der Waals surface area contributed by atoms with Crippen LogP contribution in [0.4, 0.5) is 37.7 Å². The Hall–Kier alpha value is -2.27. The summed E-state index contributed by atoms with van der Waals surface area (Å²) in [4.78, 5) is 0.147. The number of hydrogen-bond donors (Lipinski definition) is 1. The van der Waals surface area contributed by atoms with E-state index >= 15 is 0 Å². The van der Waals surface area contributed by atoms with Crippen LogP contribution in [0.25, 0.3) is 0 Å². The van der Waals surface area contributed by atoms with E-state index < -0.39 is 56.1 Å². The monoisotopic (exact) mass is 465 g/mol. The fourth-order valence-corrected chi connectivity index (χ4v) is 5.38. The Bertz CT molecular complexity index is 1160. The van der Waals surface area contributed by atoms with Gasteiger partial charge in [0.2, 0.25) is 0 Å². The summed E-state index contributed by atoms with van der Waals surface area (Å²) in [6.45, 7) is 1.95. The van der Waals surface area contributed by atoms with Gasteiger partial charge >= 0.3 is 5.51 Å². The van der Waals surface area contributed by atoms with Gasteiger partial charge in [0, 0.05) is 30.3 Å². The first-order valence-corrected chi connectivity index (χ1v) is 10.9. The second-order valence-corrected chi connectivity index (χ2v) is 9.67. The van der Waals surface area contributed by atoms with Gasteiger partial charge in [-0.2, -0.15) is 13.2 Å². The van der Waals surface area contributed by atoms with E-state index in [-0.39, 0.29) is 29.4 Å². The normalized spacial score (nSPS) is 23.6. The number of aliphatic hydroxyl groups is 1. The number of halogens is 6. The first kappa shape index (κ1) is 21.9. The van der Waals surface area contributed by atoms with E-state index in [0.29, 0.717) is 24.1 Å². The molecule has 168 valence electrons. The van der Waals surface area contributed by atoms with Crippen molar-refractivity contribution < 1.29 is 39.9 Å². The van der Waals surface area contributed by atoms with Crippen LogP contribution in [0.1, 0.15) is 42.1 Å². The molecule has 2 aromatic rings. The van der Waals surface area contributed by atoms with Crippen LogP contribution >= 0.6 is 0 Å². The van der Waals surface area contributed by atoms with Crippen molar-refractivity contribution in [2.45, 2.75) is 48.4 Å². The number of nitrogens with zero attached hydrogens (tertiary/aromatic N) is 1. The van der Waals surface area contributed by atoms with E-state index in [9.17, 15) is 39.9 Å². The molecular weight excluding hydrogens is 448 g/mol. The van der Waals surface area contributed by atoms with Gasteiger partial charge in [-0.15, -0.1) is 0 Å². The van der Waals surface area contributed by atoms with Crippen LogP contribution in [0, 0.1) is 11.6 Å². The highest BCUT2D eigenvalue weighted by Crippen LogP contribution is 2.49. The molecule has 2 aliphatic rings. The summed E-state index contributed by atoms with van der Waals surface area (Å²) < 4.78 is 106. The van der Waals surface area contributed by atoms with E-state index in [4.69, 9.17) is 0 Å². The molecule has 3 atom stereocenters. The van der Waals surface area contributed by atoms with Crippen molar-refractivity contribution in [3.8, 4) is 0 Å². The van der Waals surface area contributed by atoms with Gasteiger partial charge in [-0.25, -0.2) is 21.6 Å². The quantitative estimate of drug-likeness (QED) is 0.646. The number of fused-ring (bicyclic) bond motifs is 2. The van der Waals surface area contributed by atoms with Gasteiger partial charge in [0.1, 0.15) is 23.9 Å². The number of anilines is 2. The predicted octanol–water partition coefficient (Wildman–Crippen LogP) is 4.83. The van der Waals surface area contributed by atoms with Gasteiger partial charge in [-0.3, -0.25) is 0 Å². The van der Waals surface area contributed by atoms with Crippen LogP contribution in [0.15, 0.2) is 29.2 Å². The highest BCUT2D eigenvalue weighted by Gasteiger charge is 2.51. The molecule has 4 rings (SSSR count). The minimum atomic E-state index is -5.86. The molecule has 4 nitrogen and oxygen atoms in total. The van der Waals surface area contributed by atoms with Gasteiger partial charge in [-0.05, 0) is 41.7 Å². The van der Waals surface area contributed by atoms with Crippen molar-refractivity contribution in [1.82, 2.24) is 0 Å². The van der Waals surface area contributed by atoms with Crippen molar-refractivity contribution in [3.63, 3.8) is 0 Å². The minimum absolute atomic E-state index is 0.00873. The maximum atomic E-state index is 14.7. The molecule has 0 amide bonds. The summed E-state index contributed by atoms with van der Waals surface area (Å²) in [5.74, 6) is -1.91. The van der Waals surface area contributed by atoms with Crippen LogP contribution in [0.2, 0.25) is 0 Å². The molecule has 0 radical (unpaired) electrons. The lowest BCUT2D eigenvalue weighted by molar-refractivity contribution is -0.0437. The molecule has 0 bridgehead atoms. The number of sulfone groups is 1. The minimum Gasteiger partial charge on any atom is -0.385 e. The maximum absolute atomic E-state index is 14.7. The van der Waals surface area contributed by atoms with Crippen molar-refractivity contribution >= 4 is 21.2 Å². The lowest BCUT2D eigenvalue weighted by Gasteiger charge is -2.36. The fourth-order valence-electron chi connectivity index (χ4n) is 4.35. The Morgan fingerprint density at radius 2 is 1.84 bits per heavy atom. The first-order valence-electron chi connectivity index (χ1n) is 9.40. The Labute approximate surface area is 174 Å². The van der Waals surface area contributed by atoms with Crippen molar-refractivity contribution in [2.24, 2.45) is 0 Å². The molecule has 1 heterocycles. The van der Waals surface area contributed by atoms with Crippen LogP contribution in [0.3, 0.4) is 0 Å². The van der Waals surface area contributed by atoms with Crippen LogP contribution < -0.4 is 4.90 Å².